The smallest absolute Gasteiger partial charge is 0.227 e. The van der Waals surface area contributed by atoms with Crippen LogP contribution in [0.3, 0.4) is 0 Å². The minimum absolute atomic E-state index is 0.0343. The molecule has 0 aliphatic heterocycles. The average molecular weight is 467 g/mol. The summed E-state index contributed by atoms with van der Waals surface area (Å²) < 4.78 is 33.0. The summed E-state index contributed by atoms with van der Waals surface area (Å²) in [6.45, 7) is 5.33. The van der Waals surface area contributed by atoms with E-state index >= 15 is 0 Å². The van der Waals surface area contributed by atoms with E-state index in [1.165, 1.54) is 57.1 Å². The SMILES string of the molecule is CCCCCCNCCCCCCOC1CCC(N(C)C(=O)Cc2ccc(F)cc2F)CC1. The summed E-state index contributed by atoms with van der Waals surface area (Å²) in [6.07, 6.45) is 14.0. The van der Waals surface area contributed by atoms with E-state index in [4.69, 9.17) is 4.74 Å². The van der Waals surface area contributed by atoms with Gasteiger partial charge in [0.15, 0.2) is 0 Å². The molecule has 0 atom stereocenters. The highest BCUT2D eigenvalue weighted by molar-refractivity contribution is 5.78. The third kappa shape index (κ3) is 11.0. The molecule has 1 aliphatic carbocycles. The summed E-state index contributed by atoms with van der Waals surface area (Å²) in [5.74, 6) is -1.41. The van der Waals surface area contributed by atoms with Gasteiger partial charge in [0.25, 0.3) is 0 Å². The Kier molecular flexibility index (Phi) is 13.6. The monoisotopic (exact) mass is 466 g/mol. The Bertz CT molecular complexity index is 678. The Morgan fingerprint density at radius 2 is 1.67 bits per heavy atom. The number of benzene rings is 1. The van der Waals surface area contributed by atoms with E-state index in [9.17, 15) is 13.6 Å². The molecule has 1 aliphatic rings. The predicted octanol–water partition coefficient (Wildman–Crippen LogP) is 6.02. The molecule has 4 nitrogen and oxygen atoms in total. The summed E-state index contributed by atoms with van der Waals surface area (Å²) >= 11 is 0. The molecule has 0 saturated heterocycles. The van der Waals surface area contributed by atoms with Crippen LogP contribution in [0.1, 0.15) is 89.5 Å². The predicted molar refractivity (Wildman–Crippen MR) is 130 cm³/mol. The molecule has 1 amide bonds. The van der Waals surface area contributed by atoms with Crippen molar-refractivity contribution in [1.29, 1.82) is 0 Å². The number of amides is 1. The van der Waals surface area contributed by atoms with Gasteiger partial charge in [0.2, 0.25) is 5.91 Å². The maximum absolute atomic E-state index is 13.8. The third-order valence-electron chi connectivity index (χ3n) is 6.75. The molecule has 33 heavy (non-hydrogen) atoms. The maximum Gasteiger partial charge on any atom is 0.227 e. The van der Waals surface area contributed by atoms with Crippen molar-refractivity contribution in [3.05, 3.63) is 35.4 Å². The third-order valence-corrected chi connectivity index (χ3v) is 6.75. The zero-order valence-electron chi connectivity index (χ0n) is 20.7. The van der Waals surface area contributed by atoms with Crippen molar-refractivity contribution in [3.8, 4) is 0 Å². The molecule has 1 aromatic rings. The lowest BCUT2D eigenvalue weighted by Crippen LogP contribution is -2.41. The van der Waals surface area contributed by atoms with Gasteiger partial charge in [0.1, 0.15) is 11.6 Å². The molecule has 2 rings (SSSR count). The molecule has 188 valence electrons. The number of hydrogen-bond donors (Lipinski definition) is 1. The van der Waals surface area contributed by atoms with Gasteiger partial charge in [-0.2, -0.15) is 0 Å². The lowest BCUT2D eigenvalue weighted by atomic mass is 9.91. The van der Waals surface area contributed by atoms with Gasteiger partial charge in [0, 0.05) is 25.8 Å². The first-order valence-electron chi connectivity index (χ1n) is 13.0. The molecule has 1 fully saturated rings. The number of ether oxygens (including phenoxy) is 1. The Labute approximate surface area is 199 Å². The number of likely N-dealkylation sites (N-methyl/N-ethyl adjacent to an activating group) is 1. The van der Waals surface area contributed by atoms with Crippen molar-refractivity contribution in [2.75, 3.05) is 26.7 Å². The highest BCUT2D eigenvalue weighted by atomic mass is 19.1. The quantitative estimate of drug-likeness (QED) is 0.303. The molecule has 0 heterocycles. The van der Waals surface area contributed by atoms with E-state index in [1.54, 1.807) is 11.9 Å². The van der Waals surface area contributed by atoms with Gasteiger partial charge in [-0.1, -0.05) is 45.1 Å². The van der Waals surface area contributed by atoms with E-state index in [2.05, 4.69) is 12.2 Å². The summed E-state index contributed by atoms with van der Waals surface area (Å²) in [4.78, 5) is 14.3. The molecule has 0 unspecified atom stereocenters. The lowest BCUT2D eigenvalue weighted by molar-refractivity contribution is -0.132. The van der Waals surface area contributed by atoms with Crippen molar-refractivity contribution in [1.82, 2.24) is 10.2 Å². The fraction of sp³-hybridized carbons (Fsp3) is 0.741. The van der Waals surface area contributed by atoms with Crippen molar-refractivity contribution in [3.63, 3.8) is 0 Å². The summed E-state index contributed by atoms with van der Waals surface area (Å²) in [6, 6.07) is 3.54. The number of carbonyl (C=O) groups is 1. The molecule has 1 saturated carbocycles. The van der Waals surface area contributed by atoms with Crippen LogP contribution in [0.25, 0.3) is 0 Å². The first kappa shape index (κ1) is 27.7. The van der Waals surface area contributed by atoms with Gasteiger partial charge in [-0.15, -0.1) is 0 Å². The highest BCUT2D eigenvalue weighted by Crippen LogP contribution is 2.25. The Morgan fingerprint density at radius 1 is 1.00 bits per heavy atom. The van der Waals surface area contributed by atoms with Crippen LogP contribution in [0, 0.1) is 11.6 Å². The molecule has 6 heteroatoms. The van der Waals surface area contributed by atoms with Crippen LogP contribution in [0.15, 0.2) is 18.2 Å². The standard InChI is InChI=1S/C27H44F2N2O2/c1-3-4-5-8-17-30-18-9-6-7-10-19-33-25-15-13-24(14-16-25)31(2)27(32)20-22-11-12-23(28)21-26(22)29/h11-12,21,24-25,30H,3-10,13-20H2,1-2H3. The van der Waals surface area contributed by atoms with Crippen LogP contribution in [-0.2, 0) is 16.0 Å². The minimum atomic E-state index is -0.660. The Hall–Kier alpha value is -1.53. The van der Waals surface area contributed by atoms with Gasteiger partial charge in [-0.05, 0) is 69.7 Å². The largest absolute Gasteiger partial charge is 0.378 e. The van der Waals surface area contributed by atoms with Crippen LogP contribution in [0.2, 0.25) is 0 Å². The number of nitrogens with zero attached hydrogens (tertiary/aromatic N) is 1. The fourth-order valence-electron chi connectivity index (χ4n) is 4.51. The van der Waals surface area contributed by atoms with E-state index < -0.39 is 11.6 Å². The van der Waals surface area contributed by atoms with Crippen molar-refractivity contribution in [2.24, 2.45) is 0 Å². The van der Waals surface area contributed by atoms with Gasteiger partial charge in [0.05, 0.1) is 12.5 Å². The molecular weight excluding hydrogens is 422 g/mol. The molecule has 0 aromatic heterocycles. The average Bonchev–Trinajstić information content (AvgIpc) is 2.81. The lowest BCUT2D eigenvalue weighted by Gasteiger charge is -2.34. The number of halogens is 2. The van der Waals surface area contributed by atoms with Crippen molar-refractivity contribution in [2.45, 2.75) is 103 Å². The van der Waals surface area contributed by atoms with E-state index in [1.807, 2.05) is 0 Å². The molecule has 1 aromatic carbocycles. The second kappa shape index (κ2) is 16.2. The first-order valence-corrected chi connectivity index (χ1v) is 13.0. The molecule has 0 spiro atoms. The zero-order chi connectivity index (χ0) is 23.9. The fourth-order valence-corrected chi connectivity index (χ4v) is 4.51. The van der Waals surface area contributed by atoms with Gasteiger partial charge in [-0.3, -0.25) is 4.79 Å². The molecule has 0 radical (unpaired) electrons. The summed E-state index contributed by atoms with van der Waals surface area (Å²) in [5, 5.41) is 3.53. The van der Waals surface area contributed by atoms with Crippen molar-refractivity contribution < 1.29 is 18.3 Å². The molecular formula is C27H44F2N2O2. The number of nitrogens with one attached hydrogen (secondary N) is 1. The maximum atomic E-state index is 13.8. The second-order valence-corrected chi connectivity index (χ2v) is 9.44. The summed E-state index contributed by atoms with van der Waals surface area (Å²) in [7, 11) is 1.79. The van der Waals surface area contributed by atoms with Crippen LogP contribution in [-0.4, -0.2) is 49.7 Å². The molecule has 0 bridgehead atoms. The van der Waals surface area contributed by atoms with Crippen LogP contribution >= 0.6 is 0 Å². The Morgan fingerprint density at radius 3 is 2.33 bits per heavy atom. The van der Waals surface area contributed by atoms with Crippen LogP contribution in [0.5, 0.6) is 0 Å². The minimum Gasteiger partial charge on any atom is -0.378 e. The van der Waals surface area contributed by atoms with Crippen LogP contribution < -0.4 is 5.32 Å². The first-order chi connectivity index (χ1) is 16.0. The number of rotatable bonds is 16. The zero-order valence-corrected chi connectivity index (χ0v) is 20.7. The van der Waals surface area contributed by atoms with Crippen molar-refractivity contribution >= 4 is 5.91 Å². The number of unbranched alkanes of at least 4 members (excludes halogenated alkanes) is 6. The summed E-state index contributed by atoms with van der Waals surface area (Å²) in [5.41, 5.74) is 0.244. The second-order valence-electron chi connectivity index (χ2n) is 9.44. The van der Waals surface area contributed by atoms with E-state index in [0.717, 1.165) is 57.9 Å². The topological polar surface area (TPSA) is 41.6 Å². The highest BCUT2D eigenvalue weighted by Gasteiger charge is 2.27. The van der Waals surface area contributed by atoms with E-state index in [-0.39, 0.29) is 30.0 Å². The van der Waals surface area contributed by atoms with Crippen LogP contribution in [0.4, 0.5) is 8.78 Å². The van der Waals surface area contributed by atoms with Gasteiger partial charge in [-0.25, -0.2) is 8.78 Å². The van der Waals surface area contributed by atoms with Gasteiger partial charge < -0.3 is 15.0 Å². The Balaban J connectivity index is 1.50. The molecule has 1 N–H and O–H groups in total. The number of carbonyl (C=O) groups excluding carboxylic acids is 1. The normalized spacial score (nSPS) is 18.4. The number of hydrogen-bond acceptors (Lipinski definition) is 3. The van der Waals surface area contributed by atoms with E-state index in [0.29, 0.717) is 0 Å². The van der Waals surface area contributed by atoms with Gasteiger partial charge >= 0.3 is 0 Å².